The minimum atomic E-state index is -4.58. The van der Waals surface area contributed by atoms with E-state index < -0.39 is 11.7 Å². The number of fused-ring (bicyclic) bond motifs is 2. The Morgan fingerprint density at radius 3 is 2.63 bits per heavy atom. The van der Waals surface area contributed by atoms with Crippen LogP contribution in [0.1, 0.15) is 36.1 Å². The first-order chi connectivity index (χ1) is 16.6. The van der Waals surface area contributed by atoms with Crippen molar-refractivity contribution >= 4 is 39.2 Å². The first-order valence-electron chi connectivity index (χ1n) is 10.9. The molecule has 0 fully saturated rings. The van der Waals surface area contributed by atoms with E-state index in [1.165, 1.54) is 12.1 Å². The summed E-state index contributed by atoms with van der Waals surface area (Å²) in [5.74, 6) is 0.388. The number of nitrogens with two attached hydrogens (primary N) is 1. The van der Waals surface area contributed by atoms with Crippen molar-refractivity contribution in [1.29, 1.82) is 0 Å². The molecule has 0 radical (unpaired) electrons. The third-order valence-corrected chi connectivity index (χ3v) is 6.20. The molecule has 0 amide bonds. The lowest BCUT2D eigenvalue weighted by Gasteiger charge is -2.12. The van der Waals surface area contributed by atoms with E-state index >= 15 is 0 Å². The van der Waals surface area contributed by atoms with Crippen molar-refractivity contribution < 1.29 is 17.7 Å². The molecule has 0 aliphatic heterocycles. The van der Waals surface area contributed by atoms with Gasteiger partial charge >= 0.3 is 6.18 Å². The summed E-state index contributed by atoms with van der Waals surface area (Å²) in [4.78, 5) is 8.98. The maximum Gasteiger partial charge on any atom is 0.419 e. The van der Waals surface area contributed by atoms with Crippen LogP contribution in [0.5, 0.6) is 0 Å². The second-order valence-electron chi connectivity index (χ2n) is 8.35. The van der Waals surface area contributed by atoms with E-state index in [1.54, 1.807) is 28.4 Å². The fraction of sp³-hybridized carbons (Fsp3) is 0.304. The molecule has 8 nitrogen and oxygen atoms in total. The minimum absolute atomic E-state index is 0.0476. The molecule has 0 unspecified atom stereocenters. The van der Waals surface area contributed by atoms with Gasteiger partial charge in [-0.1, -0.05) is 30.1 Å². The van der Waals surface area contributed by atoms with Gasteiger partial charge in [-0.25, -0.2) is 4.98 Å². The fourth-order valence-corrected chi connectivity index (χ4v) is 4.63. The van der Waals surface area contributed by atoms with Crippen LogP contribution < -0.4 is 5.73 Å². The van der Waals surface area contributed by atoms with Crippen molar-refractivity contribution in [1.82, 2.24) is 29.5 Å². The molecule has 5 rings (SSSR count). The Morgan fingerprint density at radius 1 is 1.14 bits per heavy atom. The quantitative estimate of drug-likeness (QED) is 0.316. The van der Waals surface area contributed by atoms with E-state index in [9.17, 15) is 13.2 Å². The van der Waals surface area contributed by atoms with Gasteiger partial charge in [0.25, 0.3) is 5.89 Å². The number of benzene rings is 1. The van der Waals surface area contributed by atoms with E-state index in [4.69, 9.17) is 21.9 Å². The Kier molecular flexibility index (Phi) is 5.47. The van der Waals surface area contributed by atoms with E-state index in [0.29, 0.717) is 34.0 Å². The predicted molar refractivity (Wildman–Crippen MR) is 126 cm³/mol. The Bertz CT molecular complexity index is 1580. The molecule has 12 heteroatoms. The SMILES string of the molecule is CCCc1cc2c(C(F)(F)F)c(N)ccc2n1Cc1noc(-c2nc3c(cc2Cl)c(C)nn3C)n1. The fourth-order valence-electron chi connectivity index (χ4n) is 4.40. The average Bonchev–Trinajstić information content (AvgIpc) is 3.44. The number of aryl methyl sites for hydroxylation is 3. The van der Waals surface area contributed by atoms with Gasteiger partial charge in [0.15, 0.2) is 11.5 Å². The Hall–Kier alpha value is -3.60. The first kappa shape index (κ1) is 23.2. The molecule has 1 aromatic carbocycles. The lowest BCUT2D eigenvalue weighted by atomic mass is 10.1. The normalized spacial score (nSPS) is 12.3. The Labute approximate surface area is 202 Å². The number of hydrogen-bond acceptors (Lipinski definition) is 6. The molecule has 0 atom stereocenters. The van der Waals surface area contributed by atoms with Crippen molar-refractivity contribution in [3.05, 3.63) is 52.1 Å². The zero-order valence-corrected chi connectivity index (χ0v) is 19.9. The molecule has 5 aromatic rings. The molecule has 35 heavy (non-hydrogen) atoms. The van der Waals surface area contributed by atoms with Crippen LogP contribution in [0.25, 0.3) is 33.5 Å². The molecule has 182 valence electrons. The van der Waals surface area contributed by atoms with Crippen molar-refractivity contribution in [2.45, 2.75) is 39.4 Å². The van der Waals surface area contributed by atoms with Crippen LogP contribution in [0.4, 0.5) is 18.9 Å². The number of aromatic nitrogens is 6. The van der Waals surface area contributed by atoms with E-state index in [-0.39, 0.29) is 29.3 Å². The number of nitrogen functional groups attached to an aromatic ring is 1. The van der Waals surface area contributed by atoms with Crippen LogP contribution in [-0.2, 0) is 26.2 Å². The summed E-state index contributed by atoms with van der Waals surface area (Å²) in [6.45, 7) is 3.92. The lowest BCUT2D eigenvalue weighted by Crippen LogP contribution is -2.10. The largest absolute Gasteiger partial charge is 0.419 e. The number of pyridine rings is 1. The number of nitrogens with zero attached hydrogens (tertiary/aromatic N) is 6. The van der Waals surface area contributed by atoms with Crippen molar-refractivity contribution in [3.8, 4) is 11.6 Å². The van der Waals surface area contributed by atoms with E-state index in [0.717, 1.165) is 17.5 Å². The standard InChI is InChI=1S/C23H21ClF3N7O/c1-4-5-12-8-14-17(7-6-16(28)19(14)23(25,26)27)34(12)10-18-29-22(35-32-18)20-15(24)9-13-11(2)31-33(3)21(13)30-20/h6-9H,4-5,10,28H2,1-3H3. The van der Waals surface area contributed by atoms with E-state index in [2.05, 4.69) is 20.2 Å². The maximum absolute atomic E-state index is 13.7. The number of anilines is 1. The van der Waals surface area contributed by atoms with Crippen LogP contribution >= 0.6 is 11.6 Å². The topological polar surface area (TPSA) is 101 Å². The number of hydrogen-bond donors (Lipinski definition) is 1. The first-order valence-corrected chi connectivity index (χ1v) is 11.3. The molecule has 0 aliphatic rings. The third-order valence-electron chi connectivity index (χ3n) is 5.92. The highest BCUT2D eigenvalue weighted by Crippen LogP contribution is 2.40. The van der Waals surface area contributed by atoms with Crippen molar-refractivity contribution in [2.24, 2.45) is 7.05 Å². The zero-order chi connectivity index (χ0) is 25.1. The summed E-state index contributed by atoms with van der Waals surface area (Å²) in [5, 5.41) is 9.57. The highest BCUT2D eigenvalue weighted by atomic mass is 35.5. The summed E-state index contributed by atoms with van der Waals surface area (Å²) in [6.07, 6.45) is -3.27. The van der Waals surface area contributed by atoms with Crippen LogP contribution in [0.2, 0.25) is 5.02 Å². The van der Waals surface area contributed by atoms with Crippen LogP contribution in [0, 0.1) is 6.92 Å². The van der Waals surface area contributed by atoms with Gasteiger partial charge < -0.3 is 14.8 Å². The van der Waals surface area contributed by atoms with Crippen LogP contribution in [-0.4, -0.2) is 29.5 Å². The average molecular weight is 504 g/mol. The smallest absolute Gasteiger partial charge is 0.398 e. The zero-order valence-electron chi connectivity index (χ0n) is 19.1. The van der Waals surface area contributed by atoms with Crippen molar-refractivity contribution in [3.63, 3.8) is 0 Å². The van der Waals surface area contributed by atoms with Gasteiger partial charge in [0.1, 0.15) is 5.69 Å². The second-order valence-corrected chi connectivity index (χ2v) is 8.75. The Morgan fingerprint density at radius 2 is 1.91 bits per heavy atom. The van der Waals surface area contributed by atoms with Crippen LogP contribution in [0.15, 0.2) is 28.8 Å². The molecule has 4 aromatic heterocycles. The second kappa shape index (κ2) is 8.26. The molecular weight excluding hydrogens is 483 g/mol. The summed E-state index contributed by atoms with van der Waals surface area (Å²) >= 11 is 6.44. The van der Waals surface area contributed by atoms with Gasteiger partial charge in [-0.05, 0) is 37.6 Å². The monoisotopic (exact) mass is 503 g/mol. The van der Waals surface area contributed by atoms with Gasteiger partial charge in [-0.3, -0.25) is 4.68 Å². The summed E-state index contributed by atoms with van der Waals surface area (Å²) < 4.78 is 50.1. The van der Waals surface area contributed by atoms with Gasteiger partial charge in [-0.15, -0.1) is 0 Å². The predicted octanol–water partition coefficient (Wildman–Crippen LogP) is 5.54. The van der Waals surface area contributed by atoms with Gasteiger partial charge in [0, 0.05) is 34.7 Å². The maximum atomic E-state index is 13.7. The minimum Gasteiger partial charge on any atom is -0.398 e. The molecule has 0 bridgehead atoms. The molecule has 4 heterocycles. The number of rotatable bonds is 5. The molecular formula is C23H21ClF3N7O. The molecule has 0 aliphatic carbocycles. The van der Waals surface area contributed by atoms with Crippen molar-refractivity contribution in [2.75, 3.05) is 5.73 Å². The molecule has 0 spiro atoms. The molecule has 2 N–H and O–H groups in total. The van der Waals surface area contributed by atoms with Crippen LogP contribution in [0.3, 0.4) is 0 Å². The third kappa shape index (κ3) is 3.89. The molecule has 0 saturated heterocycles. The van der Waals surface area contributed by atoms with Gasteiger partial charge in [0.05, 0.1) is 22.8 Å². The van der Waals surface area contributed by atoms with Gasteiger partial charge in [-0.2, -0.15) is 23.3 Å². The highest BCUT2D eigenvalue weighted by Gasteiger charge is 2.36. The van der Waals surface area contributed by atoms with Gasteiger partial charge in [0.2, 0.25) is 0 Å². The number of halogens is 4. The highest BCUT2D eigenvalue weighted by molar-refractivity contribution is 6.33. The number of alkyl halides is 3. The molecule has 0 saturated carbocycles. The Balaban J connectivity index is 1.58. The lowest BCUT2D eigenvalue weighted by molar-refractivity contribution is -0.135. The van der Waals surface area contributed by atoms with E-state index in [1.807, 2.05) is 13.8 Å². The summed E-state index contributed by atoms with van der Waals surface area (Å²) in [5.41, 5.74) is 7.36. The summed E-state index contributed by atoms with van der Waals surface area (Å²) in [6, 6.07) is 6.13. The summed E-state index contributed by atoms with van der Waals surface area (Å²) in [7, 11) is 1.77.